The number of allylic oxidation sites excluding steroid dienone is 1. The van der Waals surface area contributed by atoms with Crippen molar-refractivity contribution in [2.45, 2.75) is 27.2 Å². The molecule has 0 aliphatic carbocycles. The molecule has 2 unspecified atom stereocenters. The summed E-state index contributed by atoms with van der Waals surface area (Å²) in [6.45, 7) is 8.64. The van der Waals surface area contributed by atoms with E-state index in [-0.39, 0.29) is 17.5 Å². The third-order valence-electron chi connectivity index (χ3n) is 2.03. The van der Waals surface area contributed by atoms with E-state index >= 15 is 0 Å². The van der Waals surface area contributed by atoms with Crippen molar-refractivity contribution in [1.82, 2.24) is 0 Å². The fourth-order valence-electron chi connectivity index (χ4n) is 1.25. The molecule has 0 aliphatic rings. The molecular weight excluding hydrogens is 152 g/mol. The molecule has 0 aromatic carbocycles. The largest absolute Gasteiger partial charge is 0.299 e. The Kier molecular flexibility index (Phi) is 4.49. The normalized spacial score (nSPS) is 14.9. The minimum absolute atomic E-state index is 0.00917. The lowest BCUT2D eigenvalue weighted by Gasteiger charge is -2.15. The molecule has 0 saturated heterocycles. The Hall–Kier alpha value is -0.920. The molecule has 0 aliphatic heterocycles. The molecule has 2 atom stereocenters. The number of Topliss-reactive ketones (excluding diaryl/α,β-unsaturated/α-hetero) is 2. The smallest absolute Gasteiger partial charge is 0.143 e. The zero-order valence-electron chi connectivity index (χ0n) is 7.96. The SMILES string of the molecule is C=CC(C)C(C(C)=O)C(=O)CC. The van der Waals surface area contributed by atoms with Gasteiger partial charge in [0.1, 0.15) is 11.6 Å². The molecule has 0 amide bonds. The van der Waals surface area contributed by atoms with Crippen LogP contribution in [0.1, 0.15) is 27.2 Å². The summed E-state index contributed by atoms with van der Waals surface area (Å²) in [4.78, 5) is 22.4. The fraction of sp³-hybridized carbons (Fsp3) is 0.600. The Morgan fingerprint density at radius 1 is 1.50 bits per heavy atom. The summed E-state index contributed by atoms with van der Waals surface area (Å²) in [7, 11) is 0. The van der Waals surface area contributed by atoms with Crippen LogP contribution in [0.15, 0.2) is 12.7 Å². The quantitative estimate of drug-likeness (QED) is 0.464. The average molecular weight is 168 g/mol. The zero-order chi connectivity index (χ0) is 9.72. The van der Waals surface area contributed by atoms with Gasteiger partial charge >= 0.3 is 0 Å². The van der Waals surface area contributed by atoms with Crippen LogP contribution in [0.25, 0.3) is 0 Å². The van der Waals surface area contributed by atoms with Gasteiger partial charge in [-0.3, -0.25) is 9.59 Å². The number of rotatable bonds is 5. The fourth-order valence-corrected chi connectivity index (χ4v) is 1.25. The maximum Gasteiger partial charge on any atom is 0.143 e. The first-order valence-corrected chi connectivity index (χ1v) is 4.20. The highest BCUT2D eigenvalue weighted by atomic mass is 16.1. The number of carbonyl (C=O) groups is 2. The van der Waals surface area contributed by atoms with E-state index in [4.69, 9.17) is 0 Å². The molecule has 68 valence electrons. The van der Waals surface area contributed by atoms with Crippen LogP contribution >= 0.6 is 0 Å². The Morgan fingerprint density at radius 3 is 2.25 bits per heavy atom. The van der Waals surface area contributed by atoms with Gasteiger partial charge in [0.2, 0.25) is 0 Å². The van der Waals surface area contributed by atoms with Gasteiger partial charge in [-0.2, -0.15) is 0 Å². The lowest BCUT2D eigenvalue weighted by atomic mass is 9.86. The lowest BCUT2D eigenvalue weighted by molar-refractivity contribution is -0.132. The summed E-state index contributed by atoms with van der Waals surface area (Å²) in [5, 5.41) is 0. The summed E-state index contributed by atoms with van der Waals surface area (Å²) in [6.07, 6.45) is 2.07. The summed E-state index contributed by atoms with van der Waals surface area (Å²) in [5.74, 6) is -0.577. The van der Waals surface area contributed by atoms with Crippen LogP contribution in [-0.4, -0.2) is 11.6 Å². The molecule has 0 saturated carbocycles. The highest BCUT2D eigenvalue weighted by Crippen LogP contribution is 2.16. The number of ketones is 2. The van der Waals surface area contributed by atoms with Gasteiger partial charge < -0.3 is 0 Å². The Morgan fingerprint density at radius 2 is 2.00 bits per heavy atom. The van der Waals surface area contributed by atoms with Crippen molar-refractivity contribution >= 4 is 11.6 Å². The molecule has 0 radical (unpaired) electrons. The molecule has 0 spiro atoms. The van der Waals surface area contributed by atoms with Crippen LogP contribution in [0.5, 0.6) is 0 Å². The van der Waals surface area contributed by atoms with E-state index in [1.807, 2.05) is 6.92 Å². The summed E-state index contributed by atoms with van der Waals surface area (Å²) < 4.78 is 0. The Bertz CT molecular complexity index is 194. The van der Waals surface area contributed by atoms with Gasteiger partial charge in [-0.15, -0.1) is 6.58 Å². The van der Waals surface area contributed by atoms with Crippen LogP contribution in [-0.2, 0) is 9.59 Å². The maximum absolute atomic E-state index is 11.3. The number of hydrogen-bond acceptors (Lipinski definition) is 2. The molecule has 0 rings (SSSR count). The highest BCUT2D eigenvalue weighted by molar-refractivity contribution is 6.01. The first kappa shape index (κ1) is 11.1. The standard InChI is InChI=1S/C10H16O2/c1-5-7(3)10(8(4)11)9(12)6-2/h5,7,10H,1,6H2,2-4H3. The summed E-state index contributed by atoms with van der Waals surface area (Å²) >= 11 is 0. The van der Waals surface area contributed by atoms with Gasteiger partial charge in [0.15, 0.2) is 0 Å². The van der Waals surface area contributed by atoms with Gasteiger partial charge in [-0.05, 0) is 12.8 Å². The zero-order valence-corrected chi connectivity index (χ0v) is 7.96. The van der Waals surface area contributed by atoms with E-state index in [9.17, 15) is 9.59 Å². The topological polar surface area (TPSA) is 34.1 Å². The summed E-state index contributed by atoms with van der Waals surface area (Å²) in [6, 6.07) is 0. The minimum Gasteiger partial charge on any atom is -0.299 e. The second-order valence-corrected chi connectivity index (χ2v) is 3.00. The van der Waals surface area contributed by atoms with Crippen molar-refractivity contribution in [1.29, 1.82) is 0 Å². The molecule has 0 aromatic heterocycles. The lowest BCUT2D eigenvalue weighted by Crippen LogP contribution is -2.26. The Labute approximate surface area is 73.7 Å². The predicted molar refractivity (Wildman–Crippen MR) is 48.8 cm³/mol. The van der Waals surface area contributed by atoms with Crippen molar-refractivity contribution < 1.29 is 9.59 Å². The van der Waals surface area contributed by atoms with Crippen LogP contribution in [0.3, 0.4) is 0 Å². The van der Waals surface area contributed by atoms with E-state index in [1.54, 1.807) is 13.0 Å². The summed E-state index contributed by atoms with van der Waals surface area (Å²) in [5.41, 5.74) is 0. The first-order valence-electron chi connectivity index (χ1n) is 4.20. The molecule has 0 N–H and O–H groups in total. The van der Waals surface area contributed by atoms with Gasteiger partial charge in [0.25, 0.3) is 0 Å². The average Bonchev–Trinajstić information content (AvgIpc) is 2.03. The molecule has 0 bridgehead atoms. The number of carbonyl (C=O) groups excluding carboxylic acids is 2. The second kappa shape index (κ2) is 4.86. The van der Waals surface area contributed by atoms with Crippen molar-refractivity contribution in [3.63, 3.8) is 0 Å². The molecule has 0 fully saturated rings. The van der Waals surface area contributed by atoms with E-state index < -0.39 is 5.92 Å². The van der Waals surface area contributed by atoms with Crippen LogP contribution in [0.4, 0.5) is 0 Å². The van der Waals surface area contributed by atoms with Gasteiger partial charge in [-0.1, -0.05) is 19.9 Å². The van der Waals surface area contributed by atoms with Crippen molar-refractivity contribution in [2.24, 2.45) is 11.8 Å². The first-order chi connectivity index (χ1) is 5.54. The van der Waals surface area contributed by atoms with Crippen molar-refractivity contribution in [3.05, 3.63) is 12.7 Å². The van der Waals surface area contributed by atoms with Gasteiger partial charge in [-0.25, -0.2) is 0 Å². The molecule has 2 heteroatoms. The predicted octanol–water partition coefficient (Wildman–Crippen LogP) is 1.99. The molecule has 2 nitrogen and oxygen atoms in total. The third kappa shape index (κ3) is 2.61. The monoisotopic (exact) mass is 168 g/mol. The minimum atomic E-state index is -0.479. The van der Waals surface area contributed by atoms with E-state index in [0.29, 0.717) is 6.42 Å². The van der Waals surface area contributed by atoms with Crippen LogP contribution in [0.2, 0.25) is 0 Å². The van der Waals surface area contributed by atoms with E-state index in [2.05, 4.69) is 6.58 Å². The second-order valence-electron chi connectivity index (χ2n) is 3.00. The maximum atomic E-state index is 11.3. The van der Waals surface area contributed by atoms with Gasteiger partial charge in [0.05, 0.1) is 5.92 Å². The Balaban J connectivity index is 4.54. The third-order valence-corrected chi connectivity index (χ3v) is 2.03. The van der Waals surface area contributed by atoms with E-state index in [1.165, 1.54) is 6.92 Å². The van der Waals surface area contributed by atoms with Gasteiger partial charge in [0, 0.05) is 6.42 Å². The highest BCUT2D eigenvalue weighted by Gasteiger charge is 2.25. The number of hydrogen-bond donors (Lipinski definition) is 0. The van der Waals surface area contributed by atoms with Crippen molar-refractivity contribution in [3.8, 4) is 0 Å². The van der Waals surface area contributed by atoms with Crippen molar-refractivity contribution in [2.75, 3.05) is 0 Å². The molecule has 0 aromatic rings. The van der Waals surface area contributed by atoms with Crippen LogP contribution in [0, 0.1) is 11.8 Å². The molecule has 0 heterocycles. The van der Waals surface area contributed by atoms with Crippen LogP contribution < -0.4 is 0 Å². The molecule has 12 heavy (non-hydrogen) atoms. The molecular formula is C10H16O2. The van der Waals surface area contributed by atoms with E-state index in [0.717, 1.165) is 0 Å².